The topological polar surface area (TPSA) is 108 Å². The maximum absolute atomic E-state index is 12.5. The molecule has 0 atom stereocenters. The molecule has 1 aliphatic carbocycles. The summed E-state index contributed by atoms with van der Waals surface area (Å²) in [6, 6.07) is 6.33. The molecule has 1 aromatic rings. The molecule has 0 spiro atoms. The van der Waals surface area contributed by atoms with Gasteiger partial charge in [-0.05, 0) is 31.0 Å². The molecule has 0 N–H and O–H groups in total. The van der Waals surface area contributed by atoms with Crippen LogP contribution in [0.2, 0.25) is 0 Å². The first-order valence-corrected chi connectivity index (χ1v) is 9.81. The van der Waals surface area contributed by atoms with Gasteiger partial charge in [-0.15, -0.1) is 6.58 Å². The van der Waals surface area contributed by atoms with E-state index < -0.39 is 35.8 Å². The van der Waals surface area contributed by atoms with Gasteiger partial charge in [0.2, 0.25) is 0 Å². The van der Waals surface area contributed by atoms with Gasteiger partial charge in [-0.1, -0.05) is 25.3 Å². The molecule has 0 bridgehead atoms. The highest BCUT2D eigenvalue weighted by Crippen LogP contribution is 2.32. The van der Waals surface area contributed by atoms with Crippen LogP contribution >= 0.6 is 0 Å². The molecule has 1 saturated carbocycles. The summed E-state index contributed by atoms with van der Waals surface area (Å²) in [6.07, 6.45) is 5.42. The molecule has 156 valence electrons. The van der Waals surface area contributed by atoms with E-state index in [2.05, 4.69) is 12.6 Å². The van der Waals surface area contributed by atoms with Crippen LogP contribution in [0.3, 0.4) is 0 Å². The van der Waals surface area contributed by atoms with Gasteiger partial charge >= 0.3 is 5.97 Å². The zero-order valence-electron chi connectivity index (χ0n) is 16.8. The normalized spacial score (nSPS) is 17.1. The summed E-state index contributed by atoms with van der Waals surface area (Å²) in [5, 5.41) is 9.59. The van der Waals surface area contributed by atoms with Crippen molar-refractivity contribution in [2.75, 3.05) is 20.2 Å². The van der Waals surface area contributed by atoms with Crippen molar-refractivity contribution in [2.45, 2.75) is 37.6 Å². The SMILES string of the molecule is C=CCN1C(=O)c2ccc(C(=O)OCC(=O)N(C)C3(C#N)CCCCC3)cc2C1=O. The van der Waals surface area contributed by atoms with E-state index in [1.807, 2.05) is 0 Å². The van der Waals surface area contributed by atoms with Crippen LogP contribution in [0.1, 0.15) is 63.2 Å². The summed E-state index contributed by atoms with van der Waals surface area (Å²) < 4.78 is 5.12. The zero-order chi connectivity index (χ0) is 21.9. The van der Waals surface area contributed by atoms with Crippen LogP contribution in [0.15, 0.2) is 30.9 Å². The van der Waals surface area contributed by atoms with Gasteiger partial charge in [-0.25, -0.2) is 4.79 Å². The lowest BCUT2D eigenvalue weighted by molar-refractivity contribution is -0.138. The quantitative estimate of drug-likeness (QED) is 0.405. The Morgan fingerprint density at radius 3 is 2.53 bits per heavy atom. The standard InChI is InChI=1S/C22H23N3O5/c1-3-11-25-19(27)16-8-7-15(12-17(16)20(25)28)21(29)30-13-18(26)24(2)22(14-23)9-5-4-6-10-22/h3,7-8,12H,1,4-6,9-11,13H2,2H3. The molecule has 8 nitrogen and oxygen atoms in total. The minimum atomic E-state index is -0.864. The summed E-state index contributed by atoms with van der Waals surface area (Å²) >= 11 is 0. The minimum Gasteiger partial charge on any atom is -0.452 e. The minimum absolute atomic E-state index is 0.0680. The Hall–Kier alpha value is -3.47. The van der Waals surface area contributed by atoms with E-state index in [0.717, 1.165) is 24.2 Å². The van der Waals surface area contributed by atoms with Crippen molar-refractivity contribution in [1.29, 1.82) is 5.26 Å². The number of hydrogen-bond acceptors (Lipinski definition) is 6. The molecule has 2 aliphatic rings. The summed E-state index contributed by atoms with van der Waals surface area (Å²) in [7, 11) is 1.55. The first-order valence-electron chi connectivity index (χ1n) is 9.81. The van der Waals surface area contributed by atoms with E-state index in [1.165, 1.54) is 29.2 Å². The van der Waals surface area contributed by atoms with Crippen molar-refractivity contribution in [2.24, 2.45) is 0 Å². The molecular formula is C22H23N3O5. The number of esters is 1. The lowest BCUT2D eigenvalue weighted by Gasteiger charge is -2.38. The molecule has 0 radical (unpaired) electrons. The molecule has 1 aromatic carbocycles. The van der Waals surface area contributed by atoms with Crippen LogP contribution < -0.4 is 0 Å². The number of hydrogen-bond donors (Lipinski definition) is 0. The molecule has 0 unspecified atom stereocenters. The smallest absolute Gasteiger partial charge is 0.338 e. The Morgan fingerprint density at radius 1 is 1.23 bits per heavy atom. The Kier molecular flexibility index (Phi) is 6.01. The van der Waals surface area contributed by atoms with E-state index in [-0.39, 0.29) is 23.2 Å². The number of imide groups is 1. The van der Waals surface area contributed by atoms with Crippen LogP contribution in [0.25, 0.3) is 0 Å². The van der Waals surface area contributed by atoms with Gasteiger partial charge in [-0.3, -0.25) is 19.3 Å². The number of benzene rings is 1. The monoisotopic (exact) mass is 409 g/mol. The highest BCUT2D eigenvalue weighted by atomic mass is 16.5. The van der Waals surface area contributed by atoms with Gasteiger partial charge in [0, 0.05) is 13.6 Å². The van der Waals surface area contributed by atoms with E-state index in [9.17, 15) is 24.4 Å². The summed E-state index contributed by atoms with van der Waals surface area (Å²) in [5.74, 6) is -2.19. The van der Waals surface area contributed by atoms with Gasteiger partial charge in [0.1, 0.15) is 5.54 Å². The number of ether oxygens (including phenoxy) is 1. The maximum Gasteiger partial charge on any atom is 0.338 e. The Balaban J connectivity index is 1.67. The van der Waals surface area contributed by atoms with Crippen molar-refractivity contribution >= 4 is 23.7 Å². The molecule has 1 fully saturated rings. The number of likely N-dealkylation sites (N-methyl/N-ethyl adjacent to an activating group) is 1. The van der Waals surface area contributed by atoms with Crippen molar-refractivity contribution < 1.29 is 23.9 Å². The Labute approximate surface area is 174 Å². The second-order valence-corrected chi connectivity index (χ2v) is 7.50. The fourth-order valence-electron chi connectivity index (χ4n) is 3.92. The number of nitriles is 1. The second kappa shape index (κ2) is 8.49. The van der Waals surface area contributed by atoms with Crippen molar-refractivity contribution in [3.8, 4) is 6.07 Å². The number of nitrogens with zero attached hydrogens (tertiary/aromatic N) is 3. The van der Waals surface area contributed by atoms with Crippen molar-refractivity contribution in [3.05, 3.63) is 47.5 Å². The first kappa shape index (κ1) is 21.2. The van der Waals surface area contributed by atoms with Crippen molar-refractivity contribution in [1.82, 2.24) is 9.80 Å². The van der Waals surface area contributed by atoms with Crippen molar-refractivity contribution in [3.63, 3.8) is 0 Å². The highest BCUT2D eigenvalue weighted by molar-refractivity contribution is 6.22. The average Bonchev–Trinajstić information content (AvgIpc) is 3.01. The molecule has 30 heavy (non-hydrogen) atoms. The van der Waals surface area contributed by atoms with E-state index in [1.54, 1.807) is 7.05 Å². The maximum atomic E-state index is 12.5. The van der Waals surface area contributed by atoms with Gasteiger partial charge in [0.15, 0.2) is 6.61 Å². The molecule has 0 saturated heterocycles. The molecule has 1 aliphatic heterocycles. The zero-order valence-corrected chi connectivity index (χ0v) is 16.8. The number of carbonyl (C=O) groups is 4. The summed E-state index contributed by atoms with van der Waals surface area (Å²) in [6.45, 7) is 3.09. The lowest BCUT2D eigenvalue weighted by atomic mass is 9.81. The van der Waals surface area contributed by atoms with Crippen LogP contribution in [0.4, 0.5) is 0 Å². The van der Waals surface area contributed by atoms with E-state index >= 15 is 0 Å². The molecule has 1 heterocycles. The van der Waals surface area contributed by atoms with Crippen LogP contribution in [-0.2, 0) is 9.53 Å². The molecule has 3 amide bonds. The molecular weight excluding hydrogens is 386 g/mol. The fourth-order valence-corrected chi connectivity index (χ4v) is 3.92. The van der Waals surface area contributed by atoms with Gasteiger partial charge < -0.3 is 9.64 Å². The number of carbonyl (C=O) groups excluding carboxylic acids is 4. The predicted molar refractivity (Wildman–Crippen MR) is 106 cm³/mol. The fraction of sp³-hybridized carbons (Fsp3) is 0.409. The number of fused-ring (bicyclic) bond motifs is 1. The summed E-state index contributed by atoms with van der Waals surface area (Å²) in [5.41, 5.74) is -0.470. The summed E-state index contributed by atoms with van der Waals surface area (Å²) in [4.78, 5) is 52.0. The Morgan fingerprint density at radius 2 is 1.90 bits per heavy atom. The van der Waals surface area contributed by atoms with Gasteiger partial charge in [-0.2, -0.15) is 5.26 Å². The molecule has 8 heteroatoms. The third-order valence-corrected chi connectivity index (χ3v) is 5.75. The van der Waals surface area contributed by atoms with Gasteiger partial charge in [0.05, 0.1) is 22.8 Å². The van der Waals surface area contributed by atoms with Crippen LogP contribution in [0, 0.1) is 11.3 Å². The largest absolute Gasteiger partial charge is 0.452 e. The highest BCUT2D eigenvalue weighted by Gasteiger charge is 2.39. The number of rotatable bonds is 6. The van der Waals surface area contributed by atoms with Crippen LogP contribution in [-0.4, -0.2) is 59.2 Å². The third kappa shape index (κ3) is 3.71. The molecule has 0 aromatic heterocycles. The average molecular weight is 409 g/mol. The predicted octanol–water partition coefficient (Wildman–Crippen LogP) is 2.31. The van der Waals surface area contributed by atoms with E-state index in [0.29, 0.717) is 12.8 Å². The number of amides is 3. The molecule has 3 rings (SSSR count). The van der Waals surface area contributed by atoms with E-state index in [4.69, 9.17) is 4.74 Å². The Bertz CT molecular complexity index is 956. The second-order valence-electron chi connectivity index (χ2n) is 7.50. The lowest BCUT2D eigenvalue weighted by Crippen LogP contribution is -2.51. The van der Waals surface area contributed by atoms with Gasteiger partial charge in [0.25, 0.3) is 17.7 Å². The third-order valence-electron chi connectivity index (χ3n) is 5.75. The first-order chi connectivity index (χ1) is 14.3. The van der Waals surface area contributed by atoms with Crippen LogP contribution in [0.5, 0.6) is 0 Å².